The predicted octanol–water partition coefficient (Wildman–Crippen LogP) is 3.80. The van der Waals surface area contributed by atoms with Crippen molar-refractivity contribution in [3.8, 4) is 11.5 Å². The molecule has 0 saturated heterocycles. The van der Waals surface area contributed by atoms with E-state index in [0.29, 0.717) is 24.5 Å². The number of carbonyl (C=O) groups is 1. The molecule has 0 heterocycles. The van der Waals surface area contributed by atoms with Crippen LogP contribution in [0.2, 0.25) is 0 Å². The molecule has 0 unspecified atom stereocenters. The van der Waals surface area contributed by atoms with E-state index >= 15 is 0 Å². The normalized spacial score (nSPS) is 11.0. The van der Waals surface area contributed by atoms with Crippen LogP contribution in [0.3, 0.4) is 0 Å². The van der Waals surface area contributed by atoms with E-state index in [4.69, 9.17) is 9.47 Å². The molecule has 24 heavy (non-hydrogen) atoms. The average Bonchev–Trinajstić information content (AvgIpc) is 2.58. The molecule has 128 valence electrons. The van der Waals surface area contributed by atoms with E-state index in [2.05, 4.69) is 38.2 Å². The molecule has 0 aliphatic heterocycles. The van der Waals surface area contributed by atoms with Gasteiger partial charge in [0, 0.05) is 5.56 Å². The van der Waals surface area contributed by atoms with Crippen molar-refractivity contribution in [2.75, 3.05) is 20.3 Å². The van der Waals surface area contributed by atoms with Gasteiger partial charge in [-0.15, -0.1) is 0 Å². The average molecular weight is 327 g/mol. The molecule has 2 aromatic carbocycles. The van der Waals surface area contributed by atoms with Gasteiger partial charge in [-0.3, -0.25) is 4.79 Å². The molecule has 1 N–H and O–H groups in total. The van der Waals surface area contributed by atoms with Crippen LogP contribution in [0.4, 0.5) is 0 Å². The molecule has 0 spiro atoms. The van der Waals surface area contributed by atoms with Gasteiger partial charge in [-0.05, 0) is 41.3 Å². The fourth-order valence-electron chi connectivity index (χ4n) is 2.25. The van der Waals surface area contributed by atoms with Crippen LogP contribution in [0.25, 0.3) is 0 Å². The second kappa shape index (κ2) is 7.86. The Labute approximate surface area is 143 Å². The van der Waals surface area contributed by atoms with Crippen LogP contribution in [-0.4, -0.2) is 26.2 Å². The Morgan fingerprint density at radius 2 is 1.75 bits per heavy atom. The van der Waals surface area contributed by atoms with Crippen LogP contribution < -0.4 is 14.8 Å². The maximum atomic E-state index is 12.1. The molecular formula is C20H25NO3. The molecule has 2 rings (SSSR count). The zero-order valence-corrected chi connectivity index (χ0v) is 14.8. The number of hydrogen-bond donors (Lipinski definition) is 1. The second-order valence-electron chi connectivity index (χ2n) is 6.61. The van der Waals surface area contributed by atoms with Gasteiger partial charge in [-0.2, -0.15) is 0 Å². The Balaban J connectivity index is 1.79. The molecule has 0 bridgehead atoms. The van der Waals surface area contributed by atoms with E-state index in [0.717, 1.165) is 5.75 Å². The Morgan fingerprint density at radius 3 is 2.38 bits per heavy atom. The molecule has 4 heteroatoms. The van der Waals surface area contributed by atoms with E-state index in [1.807, 2.05) is 12.1 Å². The van der Waals surface area contributed by atoms with Gasteiger partial charge in [0.2, 0.25) is 0 Å². The van der Waals surface area contributed by atoms with E-state index < -0.39 is 0 Å². The lowest BCUT2D eigenvalue weighted by Crippen LogP contribution is -2.28. The van der Waals surface area contributed by atoms with Crippen molar-refractivity contribution in [3.05, 3.63) is 59.7 Å². The van der Waals surface area contributed by atoms with Crippen molar-refractivity contribution < 1.29 is 14.3 Å². The molecule has 0 saturated carbocycles. The zero-order valence-electron chi connectivity index (χ0n) is 14.8. The van der Waals surface area contributed by atoms with E-state index in [9.17, 15) is 4.79 Å². The summed E-state index contributed by atoms with van der Waals surface area (Å²) in [7, 11) is 1.58. The number of methoxy groups -OCH3 is 1. The first-order valence-corrected chi connectivity index (χ1v) is 8.06. The molecule has 1 amide bonds. The number of nitrogens with one attached hydrogen (secondary N) is 1. The summed E-state index contributed by atoms with van der Waals surface area (Å²) in [5, 5.41) is 2.84. The number of ether oxygens (including phenoxy) is 2. The van der Waals surface area contributed by atoms with Gasteiger partial charge in [0.15, 0.2) is 0 Å². The number of benzene rings is 2. The van der Waals surface area contributed by atoms with Gasteiger partial charge in [0.1, 0.15) is 18.1 Å². The van der Waals surface area contributed by atoms with Gasteiger partial charge >= 0.3 is 0 Å². The highest BCUT2D eigenvalue weighted by molar-refractivity contribution is 5.94. The van der Waals surface area contributed by atoms with Gasteiger partial charge in [0.25, 0.3) is 5.91 Å². The SMILES string of the molecule is COc1cccc(C(=O)NCCOc2ccc(C(C)(C)C)cc2)c1. The van der Waals surface area contributed by atoms with E-state index in [-0.39, 0.29) is 11.3 Å². The molecule has 0 aliphatic rings. The first kappa shape index (κ1) is 17.9. The lowest BCUT2D eigenvalue weighted by molar-refractivity contribution is 0.0946. The third-order valence-corrected chi connectivity index (χ3v) is 3.71. The van der Waals surface area contributed by atoms with Gasteiger partial charge in [-0.25, -0.2) is 0 Å². The van der Waals surface area contributed by atoms with Crippen molar-refractivity contribution in [1.29, 1.82) is 0 Å². The molecule has 0 aromatic heterocycles. The summed E-state index contributed by atoms with van der Waals surface area (Å²) in [6.45, 7) is 7.40. The highest BCUT2D eigenvalue weighted by Gasteiger charge is 2.13. The maximum Gasteiger partial charge on any atom is 0.251 e. The highest BCUT2D eigenvalue weighted by Crippen LogP contribution is 2.24. The van der Waals surface area contributed by atoms with Crippen LogP contribution in [0.5, 0.6) is 11.5 Å². The third-order valence-electron chi connectivity index (χ3n) is 3.71. The standard InChI is InChI=1S/C20H25NO3/c1-20(2,3)16-8-10-17(11-9-16)24-13-12-21-19(22)15-6-5-7-18(14-15)23-4/h5-11,14H,12-13H2,1-4H3,(H,21,22). The fraction of sp³-hybridized carbons (Fsp3) is 0.350. The zero-order chi connectivity index (χ0) is 17.6. The van der Waals surface area contributed by atoms with Gasteiger partial charge < -0.3 is 14.8 Å². The fourth-order valence-corrected chi connectivity index (χ4v) is 2.25. The van der Waals surface area contributed by atoms with Crippen molar-refractivity contribution in [2.24, 2.45) is 0 Å². The molecule has 4 nitrogen and oxygen atoms in total. The van der Waals surface area contributed by atoms with E-state index in [1.54, 1.807) is 31.4 Å². The van der Waals surface area contributed by atoms with Crippen molar-refractivity contribution in [3.63, 3.8) is 0 Å². The van der Waals surface area contributed by atoms with E-state index in [1.165, 1.54) is 5.56 Å². The Hall–Kier alpha value is -2.49. The summed E-state index contributed by atoms with van der Waals surface area (Å²) < 4.78 is 10.8. The number of amides is 1. The smallest absolute Gasteiger partial charge is 0.251 e. The first-order valence-electron chi connectivity index (χ1n) is 8.06. The summed E-state index contributed by atoms with van der Waals surface area (Å²) in [6, 6.07) is 15.1. The molecule has 0 atom stereocenters. The largest absolute Gasteiger partial charge is 0.497 e. The van der Waals surface area contributed by atoms with Crippen molar-refractivity contribution >= 4 is 5.91 Å². The quantitative estimate of drug-likeness (QED) is 0.821. The lowest BCUT2D eigenvalue weighted by atomic mass is 9.87. The summed E-state index contributed by atoms with van der Waals surface area (Å²) in [6.07, 6.45) is 0. The summed E-state index contributed by atoms with van der Waals surface area (Å²) in [5.41, 5.74) is 1.97. The topological polar surface area (TPSA) is 47.6 Å². The minimum atomic E-state index is -0.138. The van der Waals surface area contributed by atoms with Crippen LogP contribution in [0.15, 0.2) is 48.5 Å². The second-order valence-corrected chi connectivity index (χ2v) is 6.61. The summed E-state index contributed by atoms with van der Waals surface area (Å²) >= 11 is 0. The minimum absolute atomic E-state index is 0.128. The Kier molecular flexibility index (Phi) is 5.85. The summed E-state index contributed by atoms with van der Waals surface area (Å²) in [4.78, 5) is 12.1. The maximum absolute atomic E-state index is 12.1. The van der Waals surface area contributed by atoms with Crippen LogP contribution in [-0.2, 0) is 5.41 Å². The van der Waals surface area contributed by atoms with Crippen LogP contribution in [0.1, 0.15) is 36.7 Å². The molecule has 2 aromatic rings. The summed E-state index contributed by atoms with van der Waals surface area (Å²) in [5.74, 6) is 1.33. The first-order chi connectivity index (χ1) is 11.4. The number of hydrogen-bond acceptors (Lipinski definition) is 3. The van der Waals surface area contributed by atoms with Gasteiger partial charge in [0.05, 0.1) is 13.7 Å². The monoisotopic (exact) mass is 327 g/mol. The molecule has 0 aliphatic carbocycles. The number of carbonyl (C=O) groups excluding carboxylic acids is 1. The Morgan fingerprint density at radius 1 is 1.04 bits per heavy atom. The third kappa shape index (κ3) is 5.01. The van der Waals surface area contributed by atoms with Crippen molar-refractivity contribution in [2.45, 2.75) is 26.2 Å². The van der Waals surface area contributed by atoms with Crippen molar-refractivity contribution in [1.82, 2.24) is 5.32 Å². The van der Waals surface area contributed by atoms with Crippen LogP contribution >= 0.6 is 0 Å². The molecule has 0 fully saturated rings. The molecule has 0 radical (unpaired) electrons. The van der Waals surface area contributed by atoms with Crippen LogP contribution in [0, 0.1) is 0 Å². The Bertz CT molecular complexity index is 672. The minimum Gasteiger partial charge on any atom is -0.497 e. The highest BCUT2D eigenvalue weighted by atomic mass is 16.5. The lowest BCUT2D eigenvalue weighted by Gasteiger charge is -2.19. The molecular weight excluding hydrogens is 302 g/mol. The number of rotatable bonds is 6. The van der Waals surface area contributed by atoms with Gasteiger partial charge in [-0.1, -0.05) is 39.0 Å². The predicted molar refractivity (Wildman–Crippen MR) is 96.0 cm³/mol.